The number of hydrogen-bond donors (Lipinski definition) is 2. The summed E-state index contributed by atoms with van der Waals surface area (Å²) in [4.78, 5) is 34.8. The molecule has 0 aromatic rings. The van der Waals surface area contributed by atoms with E-state index in [1.165, 1.54) is 0 Å². The smallest absolute Gasteiger partial charge is 0.407 e. The molecule has 2 N–H and O–H groups in total. The topological polar surface area (TPSA) is 89.5 Å². The number of carbonyl (C=O) groups excluding carboxylic acids is 2. The fraction of sp³-hybridized carbons (Fsp3) is 0.857. The van der Waals surface area contributed by atoms with Crippen LogP contribution in [0, 0.1) is 0 Å². The standard InChI is InChI=1S/C21H40N6O3.HI/c1-21(2,3)30-20(29)24-16-10-14-27(15-16)19(22-4)23-11-8-13-26-12-7-9-17(26)18(28)25(5)6;/h16-17H,7-15H2,1-6H3,(H,22,23)(H,24,29);1H. The Morgan fingerprint density at radius 1 is 1.19 bits per heavy atom. The van der Waals surface area contributed by atoms with Crippen molar-refractivity contribution in [2.45, 2.75) is 64.1 Å². The minimum absolute atomic E-state index is 0. The Balaban J connectivity index is 0.00000480. The van der Waals surface area contributed by atoms with E-state index < -0.39 is 5.60 Å². The van der Waals surface area contributed by atoms with Crippen molar-refractivity contribution in [1.29, 1.82) is 0 Å². The zero-order chi connectivity index (χ0) is 22.3. The van der Waals surface area contributed by atoms with Crippen LogP contribution in [0.5, 0.6) is 0 Å². The second kappa shape index (κ2) is 12.7. The number of aliphatic imine (C=N–C) groups is 1. The van der Waals surface area contributed by atoms with Gasteiger partial charge in [-0.3, -0.25) is 14.7 Å². The normalized spacial score (nSPS) is 22.1. The number of rotatable bonds is 6. The maximum absolute atomic E-state index is 12.3. The van der Waals surface area contributed by atoms with E-state index in [0.717, 1.165) is 57.8 Å². The average Bonchev–Trinajstić information content (AvgIpc) is 3.29. The third kappa shape index (κ3) is 8.99. The minimum Gasteiger partial charge on any atom is -0.444 e. The molecule has 0 saturated carbocycles. The van der Waals surface area contributed by atoms with Gasteiger partial charge >= 0.3 is 6.09 Å². The summed E-state index contributed by atoms with van der Waals surface area (Å²) in [5.74, 6) is 1.06. The van der Waals surface area contributed by atoms with Crippen LogP contribution in [0.15, 0.2) is 4.99 Å². The van der Waals surface area contributed by atoms with Gasteiger partial charge in [0.1, 0.15) is 5.60 Å². The van der Waals surface area contributed by atoms with Gasteiger partial charge in [-0.15, -0.1) is 24.0 Å². The van der Waals surface area contributed by atoms with Crippen LogP contribution in [0.2, 0.25) is 0 Å². The van der Waals surface area contributed by atoms with Crippen molar-refractivity contribution >= 4 is 41.9 Å². The lowest BCUT2D eigenvalue weighted by atomic mass is 10.2. The molecule has 2 aliphatic heterocycles. The number of nitrogens with one attached hydrogen (secondary N) is 2. The van der Waals surface area contributed by atoms with Crippen LogP contribution in [0.4, 0.5) is 4.79 Å². The summed E-state index contributed by atoms with van der Waals surface area (Å²) >= 11 is 0. The quantitative estimate of drug-likeness (QED) is 0.226. The van der Waals surface area contributed by atoms with Crippen molar-refractivity contribution in [3.05, 3.63) is 0 Å². The molecule has 2 saturated heterocycles. The predicted molar refractivity (Wildman–Crippen MR) is 134 cm³/mol. The van der Waals surface area contributed by atoms with E-state index in [2.05, 4.69) is 25.4 Å². The Bertz CT molecular complexity index is 623. The Labute approximate surface area is 204 Å². The Morgan fingerprint density at radius 3 is 2.52 bits per heavy atom. The highest BCUT2D eigenvalue weighted by molar-refractivity contribution is 14.0. The molecule has 0 aliphatic carbocycles. The first-order chi connectivity index (χ1) is 14.1. The summed E-state index contributed by atoms with van der Waals surface area (Å²) in [5, 5.41) is 6.37. The molecule has 2 unspecified atom stereocenters. The molecule has 9 nitrogen and oxygen atoms in total. The summed E-state index contributed by atoms with van der Waals surface area (Å²) in [6, 6.07) is 0.0818. The van der Waals surface area contributed by atoms with Gasteiger partial charge in [0.25, 0.3) is 0 Å². The molecule has 2 rings (SSSR count). The van der Waals surface area contributed by atoms with E-state index in [-0.39, 0.29) is 48.1 Å². The summed E-state index contributed by atoms with van der Waals surface area (Å²) in [7, 11) is 5.43. The number of amides is 2. The van der Waals surface area contributed by atoms with Crippen LogP contribution in [0.25, 0.3) is 0 Å². The lowest BCUT2D eigenvalue weighted by Gasteiger charge is -2.26. The van der Waals surface area contributed by atoms with E-state index >= 15 is 0 Å². The summed E-state index contributed by atoms with van der Waals surface area (Å²) < 4.78 is 5.34. The number of guanidine groups is 1. The zero-order valence-electron chi connectivity index (χ0n) is 19.9. The van der Waals surface area contributed by atoms with Gasteiger partial charge in [0, 0.05) is 47.3 Å². The maximum Gasteiger partial charge on any atom is 0.407 e. The Morgan fingerprint density at radius 2 is 1.90 bits per heavy atom. The fourth-order valence-corrected chi connectivity index (χ4v) is 4.03. The van der Waals surface area contributed by atoms with Crippen molar-refractivity contribution in [3.8, 4) is 0 Å². The van der Waals surface area contributed by atoms with Gasteiger partial charge in [0.15, 0.2) is 5.96 Å². The number of likely N-dealkylation sites (N-methyl/N-ethyl adjacent to an activating group) is 1. The van der Waals surface area contributed by atoms with E-state index in [4.69, 9.17) is 4.74 Å². The molecule has 2 amide bonds. The summed E-state index contributed by atoms with van der Waals surface area (Å²) in [6.07, 6.45) is 3.47. The average molecular weight is 553 g/mol. The zero-order valence-corrected chi connectivity index (χ0v) is 22.3. The van der Waals surface area contributed by atoms with Crippen LogP contribution in [0.1, 0.15) is 46.5 Å². The molecule has 0 bridgehead atoms. The second-order valence-electron chi connectivity index (χ2n) is 9.33. The number of alkyl carbamates (subject to hydrolysis) is 1. The number of likely N-dealkylation sites (tertiary alicyclic amines) is 2. The highest BCUT2D eigenvalue weighted by atomic mass is 127. The highest BCUT2D eigenvalue weighted by Gasteiger charge is 2.31. The fourth-order valence-electron chi connectivity index (χ4n) is 4.03. The molecule has 2 fully saturated rings. The highest BCUT2D eigenvalue weighted by Crippen LogP contribution is 2.18. The first-order valence-corrected chi connectivity index (χ1v) is 11.0. The molecule has 0 radical (unpaired) electrons. The molecule has 180 valence electrons. The van der Waals surface area contributed by atoms with E-state index in [0.29, 0.717) is 6.54 Å². The molecule has 0 aromatic heterocycles. The van der Waals surface area contributed by atoms with Crippen molar-refractivity contribution in [1.82, 2.24) is 25.3 Å². The maximum atomic E-state index is 12.3. The molecule has 0 aromatic carbocycles. The molecule has 2 atom stereocenters. The second-order valence-corrected chi connectivity index (χ2v) is 9.33. The third-order valence-corrected chi connectivity index (χ3v) is 5.42. The van der Waals surface area contributed by atoms with Gasteiger partial charge in [-0.1, -0.05) is 0 Å². The van der Waals surface area contributed by atoms with E-state index in [1.54, 1.807) is 11.9 Å². The van der Waals surface area contributed by atoms with Gasteiger partial charge in [-0.25, -0.2) is 4.79 Å². The SMILES string of the molecule is CN=C(NCCCN1CCCC1C(=O)N(C)C)N1CCC(NC(=O)OC(C)(C)C)C1.I. The molecular weight excluding hydrogens is 511 g/mol. The number of nitrogens with zero attached hydrogens (tertiary/aromatic N) is 4. The number of halogens is 1. The molecule has 2 heterocycles. The van der Waals surface area contributed by atoms with Crippen molar-refractivity contribution in [3.63, 3.8) is 0 Å². The van der Waals surface area contributed by atoms with Gasteiger partial charge in [-0.2, -0.15) is 0 Å². The number of hydrogen-bond acceptors (Lipinski definition) is 5. The van der Waals surface area contributed by atoms with Crippen LogP contribution in [-0.4, -0.2) is 104 Å². The van der Waals surface area contributed by atoms with Crippen molar-refractivity contribution in [2.24, 2.45) is 4.99 Å². The molecule has 2 aliphatic rings. The van der Waals surface area contributed by atoms with Crippen LogP contribution < -0.4 is 10.6 Å². The minimum atomic E-state index is -0.495. The predicted octanol–water partition coefficient (Wildman–Crippen LogP) is 1.72. The van der Waals surface area contributed by atoms with Crippen LogP contribution in [-0.2, 0) is 9.53 Å². The van der Waals surface area contributed by atoms with Crippen LogP contribution in [0.3, 0.4) is 0 Å². The van der Waals surface area contributed by atoms with Crippen LogP contribution >= 0.6 is 24.0 Å². The third-order valence-electron chi connectivity index (χ3n) is 5.42. The first-order valence-electron chi connectivity index (χ1n) is 11.0. The number of carbonyl (C=O) groups is 2. The molecule has 10 heteroatoms. The lowest BCUT2D eigenvalue weighted by molar-refractivity contribution is -0.133. The van der Waals surface area contributed by atoms with Crippen molar-refractivity contribution < 1.29 is 14.3 Å². The number of ether oxygens (including phenoxy) is 1. The molecular formula is C21H41IN6O3. The Hall–Kier alpha value is -1.30. The van der Waals surface area contributed by atoms with Gasteiger partial charge in [0.2, 0.25) is 5.91 Å². The van der Waals surface area contributed by atoms with Gasteiger partial charge in [-0.05, 0) is 53.0 Å². The first kappa shape index (κ1) is 27.7. The van der Waals surface area contributed by atoms with Crippen molar-refractivity contribution in [2.75, 3.05) is 53.9 Å². The van der Waals surface area contributed by atoms with Gasteiger partial charge in [0.05, 0.1) is 12.1 Å². The largest absolute Gasteiger partial charge is 0.444 e. The molecule has 31 heavy (non-hydrogen) atoms. The lowest BCUT2D eigenvalue weighted by Crippen LogP contribution is -2.45. The van der Waals surface area contributed by atoms with E-state index in [1.807, 2.05) is 34.9 Å². The Kier molecular flexibility index (Phi) is 11.3. The summed E-state index contributed by atoms with van der Waals surface area (Å²) in [5.41, 5.74) is -0.495. The molecule has 0 spiro atoms. The monoisotopic (exact) mass is 552 g/mol. The van der Waals surface area contributed by atoms with E-state index in [9.17, 15) is 9.59 Å². The summed E-state index contributed by atoms with van der Waals surface area (Å²) in [6.45, 7) is 9.82. The van der Waals surface area contributed by atoms with Gasteiger partial charge < -0.3 is 25.2 Å².